The number of hydrogen-bond donors (Lipinski definition) is 0. The van der Waals surface area contributed by atoms with Crippen molar-refractivity contribution >= 4 is 0 Å². The van der Waals surface area contributed by atoms with E-state index in [9.17, 15) is 0 Å². The zero-order valence-electron chi connectivity index (χ0n) is 7.23. The lowest BCUT2D eigenvalue weighted by molar-refractivity contribution is 0.737. The summed E-state index contributed by atoms with van der Waals surface area (Å²) >= 11 is 0. The molecule has 0 fully saturated rings. The summed E-state index contributed by atoms with van der Waals surface area (Å²) in [7, 11) is 0. The predicted octanol–water partition coefficient (Wildman–Crippen LogP) is 2.94. The first kappa shape index (κ1) is 11.4. The van der Waals surface area contributed by atoms with Gasteiger partial charge in [0.1, 0.15) is 0 Å². The Kier molecular flexibility index (Phi) is 9.55. The minimum Gasteiger partial charge on any atom is -0.120 e. The molecule has 0 saturated heterocycles. The fraction of sp³-hybridized carbons (Fsp3) is 0.778. The van der Waals surface area contributed by atoms with Crippen LogP contribution in [0.3, 0.4) is 0 Å². The first-order valence-corrected chi connectivity index (χ1v) is 3.46. The van der Waals surface area contributed by atoms with Gasteiger partial charge >= 0.3 is 0 Å². The summed E-state index contributed by atoms with van der Waals surface area (Å²) in [6.45, 7) is 10.5. The van der Waals surface area contributed by atoms with Crippen LogP contribution in [0.15, 0.2) is 0 Å². The quantitative estimate of drug-likeness (QED) is 0.438. The Morgan fingerprint density at radius 3 is 1.11 bits per heavy atom. The first-order chi connectivity index (χ1) is 4.00. The molecular formula is C9H18. The Hall–Kier alpha value is -0.440. The SMILES string of the molecule is C#CC(C)C.CC(C)C. The maximum Gasteiger partial charge on any atom is 0.0143 e. The van der Waals surface area contributed by atoms with Gasteiger partial charge in [-0.05, 0) is 5.92 Å². The molecule has 0 atom stereocenters. The van der Waals surface area contributed by atoms with Gasteiger partial charge in [-0.15, -0.1) is 12.3 Å². The molecule has 54 valence electrons. The Labute approximate surface area is 59.7 Å². The van der Waals surface area contributed by atoms with Gasteiger partial charge < -0.3 is 0 Å². The van der Waals surface area contributed by atoms with Crippen LogP contribution in [0.1, 0.15) is 34.6 Å². The zero-order valence-corrected chi connectivity index (χ0v) is 7.23. The minimum atomic E-state index is 0.412. The highest BCUT2D eigenvalue weighted by Crippen LogP contribution is 1.82. The van der Waals surface area contributed by atoms with Gasteiger partial charge in [0.25, 0.3) is 0 Å². The van der Waals surface area contributed by atoms with Crippen molar-refractivity contribution in [1.82, 2.24) is 0 Å². The number of hydrogen-bond acceptors (Lipinski definition) is 0. The summed E-state index contributed by atoms with van der Waals surface area (Å²) in [4.78, 5) is 0. The predicted molar refractivity (Wildman–Crippen MR) is 44.2 cm³/mol. The van der Waals surface area contributed by atoms with Gasteiger partial charge in [-0.3, -0.25) is 0 Å². The van der Waals surface area contributed by atoms with Crippen molar-refractivity contribution in [3.05, 3.63) is 0 Å². The summed E-state index contributed by atoms with van der Waals surface area (Å²) in [5, 5.41) is 0. The summed E-state index contributed by atoms with van der Waals surface area (Å²) in [5.74, 6) is 3.77. The van der Waals surface area contributed by atoms with Crippen molar-refractivity contribution in [3.63, 3.8) is 0 Å². The van der Waals surface area contributed by atoms with Crippen molar-refractivity contribution in [2.24, 2.45) is 11.8 Å². The Bertz CT molecular complexity index is 69.8. The lowest BCUT2D eigenvalue weighted by atomic mass is 10.2. The molecule has 0 heterocycles. The van der Waals surface area contributed by atoms with Crippen LogP contribution >= 0.6 is 0 Å². The second kappa shape index (κ2) is 7.56. The molecule has 0 saturated carbocycles. The average Bonchev–Trinajstić information content (AvgIpc) is 1.65. The smallest absolute Gasteiger partial charge is 0.0143 e. The second-order valence-electron chi connectivity index (χ2n) is 3.05. The fourth-order valence-electron chi connectivity index (χ4n) is 0. The molecule has 0 radical (unpaired) electrons. The molecule has 0 nitrogen and oxygen atoms in total. The zero-order chi connectivity index (χ0) is 7.86. The van der Waals surface area contributed by atoms with Crippen LogP contribution in [-0.4, -0.2) is 0 Å². The van der Waals surface area contributed by atoms with Crippen molar-refractivity contribution in [2.45, 2.75) is 34.6 Å². The minimum absolute atomic E-state index is 0.412. The molecule has 0 aromatic heterocycles. The van der Waals surface area contributed by atoms with E-state index in [1.807, 2.05) is 13.8 Å². The molecule has 0 unspecified atom stereocenters. The van der Waals surface area contributed by atoms with Crippen LogP contribution in [0.2, 0.25) is 0 Å². The van der Waals surface area contributed by atoms with E-state index in [1.54, 1.807) is 0 Å². The highest BCUT2D eigenvalue weighted by Gasteiger charge is 1.74. The van der Waals surface area contributed by atoms with Crippen LogP contribution in [0.25, 0.3) is 0 Å². The first-order valence-electron chi connectivity index (χ1n) is 3.46. The summed E-state index contributed by atoms with van der Waals surface area (Å²) in [6, 6.07) is 0. The third-order valence-electron chi connectivity index (χ3n) is 0.333. The molecule has 9 heavy (non-hydrogen) atoms. The van der Waals surface area contributed by atoms with Gasteiger partial charge in [0.2, 0.25) is 0 Å². The van der Waals surface area contributed by atoms with Crippen LogP contribution in [0, 0.1) is 24.2 Å². The van der Waals surface area contributed by atoms with E-state index in [4.69, 9.17) is 6.42 Å². The Morgan fingerprint density at radius 2 is 1.11 bits per heavy atom. The van der Waals surface area contributed by atoms with E-state index in [0.29, 0.717) is 5.92 Å². The molecule has 0 rings (SSSR count). The summed E-state index contributed by atoms with van der Waals surface area (Å²) < 4.78 is 0. The van der Waals surface area contributed by atoms with E-state index < -0.39 is 0 Å². The van der Waals surface area contributed by atoms with Gasteiger partial charge in [0.15, 0.2) is 0 Å². The normalized spacial score (nSPS) is 8.22. The highest BCUT2D eigenvalue weighted by molar-refractivity contribution is 4.86. The second-order valence-corrected chi connectivity index (χ2v) is 3.05. The summed E-state index contributed by atoms with van der Waals surface area (Å²) in [6.07, 6.45) is 4.92. The van der Waals surface area contributed by atoms with Crippen molar-refractivity contribution in [3.8, 4) is 12.3 Å². The van der Waals surface area contributed by atoms with Gasteiger partial charge in [-0.25, -0.2) is 0 Å². The van der Waals surface area contributed by atoms with Crippen LogP contribution in [-0.2, 0) is 0 Å². The number of terminal acetylenes is 1. The summed E-state index contributed by atoms with van der Waals surface area (Å²) in [5.41, 5.74) is 0. The standard InChI is InChI=1S/C5H8.C4H10/c1-4-5(2)3;1-4(2)3/h1,5H,2-3H3;4H,1-3H3. The van der Waals surface area contributed by atoms with Crippen LogP contribution in [0.5, 0.6) is 0 Å². The maximum atomic E-state index is 4.92. The molecule has 0 bridgehead atoms. The third kappa shape index (κ3) is 96.0. The van der Waals surface area contributed by atoms with E-state index >= 15 is 0 Å². The van der Waals surface area contributed by atoms with E-state index in [2.05, 4.69) is 26.7 Å². The van der Waals surface area contributed by atoms with Gasteiger partial charge in [0.05, 0.1) is 0 Å². The topological polar surface area (TPSA) is 0 Å². The number of rotatable bonds is 0. The molecule has 0 aliphatic rings. The van der Waals surface area contributed by atoms with Crippen molar-refractivity contribution < 1.29 is 0 Å². The maximum absolute atomic E-state index is 4.92. The lowest BCUT2D eigenvalue weighted by Gasteiger charge is -1.80. The lowest BCUT2D eigenvalue weighted by Crippen LogP contribution is -1.72. The molecule has 0 amide bonds. The Balaban J connectivity index is 0. The molecule has 0 N–H and O–H groups in total. The van der Waals surface area contributed by atoms with Crippen molar-refractivity contribution in [1.29, 1.82) is 0 Å². The van der Waals surface area contributed by atoms with Gasteiger partial charge in [-0.2, -0.15) is 0 Å². The molecule has 0 aromatic carbocycles. The molecule has 0 spiro atoms. The van der Waals surface area contributed by atoms with E-state index in [1.165, 1.54) is 0 Å². The average molecular weight is 126 g/mol. The van der Waals surface area contributed by atoms with Crippen LogP contribution < -0.4 is 0 Å². The molecule has 0 aliphatic heterocycles. The van der Waals surface area contributed by atoms with Crippen molar-refractivity contribution in [2.75, 3.05) is 0 Å². The van der Waals surface area contributed by atoms with Gasteiger partial charge in [-0.1, -0.05) is 34.6 Å². The molecule has 0 heteroatoms. The highest BCUT2D eigenvalue weighted by atomic mass is 13.8. The third-order valence-corrected chi connectivity index (χ3v) is 0.333. The molecule has 0 aliphatic carbocycles. The fourth-order valence-corrected chi connectivity index (χ4v) is 0. The Morgan fingerprint density at radius 1 is 1.00 bits per heavy atom. The van der Waals surface area contributed by atoms with Crippen LogP contribution in [0.4, 0.5) is 0 Å². The largest absolute Gasteiger partial charge is 0.120 e. The van der Waals surface area contributed by atoms with Gasteiger partial charge in [0, 0.05) is 5.92 Å². The van der Waals surface area contributed by atoms with E-state index in [0.717, 1.165) is 5.92 Å². The molecular weight excluding hydrogens is 108 g/mol. The monoisotopic (exact) mass is 126 g/mol. The van der Waals surface area contributed by atoms with E-state index in [-0.39, 0.29) is 0 Å². The molecule has 0 aromatic rings.